The van der Waals surface area contributed by atoms with Crippen molar-refractivity contribution in [1.29, 1.82) is 0 Å². The van der Waals surface area contributed by atoms with E-state index in [0.29, 0.717) is 45.7 Å². The molecule has 4 aromatic rings. The fraction of sp³-hybridized carbons (Fsp3) is 0.385. The summed E-state index contributed by atoms with van der Waals surface area (Å²) in [7, 11) is 1.66. The van der Waals surface area contributed by atoms with E-state index in [1.54, 1.807) is 26.1 Å². The molecule has 1 saturated heterocycles. The van der Waals surface area contributed by atoms with Crippen LogP contribution in [0.5, 0.6) is 0 Å². The third-order valence-corrected chi connectivity index (χ3v) is 7.36. The summed E-state index contributed by atoms with van der Waals surface area (Å²) in [6.45, 7) is 2.34. The number of ether oxygens (including phenoxy) is 1. The van der Waals surface area contributed by atoms with Gasteiger partial charge in [-0.1, -0.05) is 11.6 Å². The fourth-order valence-electron chi connectivity index (χ4n) is 4.87. The number of nitrogens with zero attached hydrogens (tertiary/aromatic N) is 5. The molecule has 1 aromatic carbocycles. The number of hydrogen-bond donors (Lipinski definition) is 0. The van der Waals surface area contributed by atoms with Crippen molar-refractivity contribution in [3.05, 3.63) is 74.9 Å². The molecule has 7 nitrogen and oxygen atoms in total. The lowest BCUT2D eigenvalue weighted by Gasteiger charge is -2.29. The summed E-state index contributed by atoms with van der Waals surface area (Å²) in [6, 6.07) is 6.85. The van der Waals surface area contributed by atoms with Crippen LogP contribution in [0, 0.1) is 12.7 Å². The highest BCUT2D eigenvalue weighted by Crippen LogP contribution is 2.40. The number of pyridine rings is 1. The zero-order valence-corrected chi connectivity index (χ0v) is 20.3. The summed E-state index contributed by atoms with van der Waals surface area (Å²) in [5, 5.41) is 5.11. The standard InChI is InChI=1S/C26H25ClFN5O2/c1-14-30-25-24(26(34)32(14)2)20(19-6-3-17(27)10-21(19)28)11-22(31-25)15-7-8-35-23(9-15)16-12-29-33(13-16)18-4-5-18/h3,6,10-13,15,18,23H,4-5,7-9H2,1-2H3. The van der Waals surface area contributed by atoms with Gasteiger partial charge in [0, 0.05) is 53.2 Å². The van der Waals surface area contributed by atoms with E-state index in [9.17, 15) is 4.79 Å². The molecule has 1 aliphatic carbocycles. The number of fused-ring (bicyclic) bond motifs is 1. The maximum Gasteiger partial charge on any atom is 0.263 e. The molecule has 9 heteroatoms. The normalized spacial score (nSPS) is 20.5. The predicted molar refractivity (Wildman–Crippen MR) is 131 cm³/mol. The monoisotopic (exact) mass is 493 g/mol. The Hall–Kier alpha value is -3.10. The predicted octanol–water partition coefficient (Wildman–Crippen LogP) is 5.26. The van der Waals surface area contributed by atoms with Crippen molar-refractivity contribution < 1.29 is 9.13 Å². The van der Waals surface area contributed by atoms with Gasteiger partial charge in [-0.2, -0.15) is 5.10 Å². The van der Waals surface area contributed by atoms with Gasteiger partial charge in [-0.05, 0) is 56.9 Å². The molecule has 0 bridgehead atoms. The SMILES string of the molecule is Cc1nc2nc(C3CCOC(c4cnn(C5CC5)c4)C3)cc(-c3ccc(Cl)cc3F)c2c(=O)n1C. The van der Waals surface area contributed by atoms with Gasteiger partial charge in [0.1, 0.15) is 11.6 Å². The van der Waals surface area contributed by atoms with Crippen molar-refractivity contribution in [2.24, 2.45) is 7.05 Å². The minimum atomic E-state index is -0.490. The van der Waals surface area contributed by atoms with E-state index in [0.717, 1.165) is 24.1 Å². The second-order valence-electron chi connectivity index (χ2n) is 9.51. The Kier molecular flexibility index (Phi) is 5.45. The first-order valence-corrected chi connectivity index (χ1v) is 12.3. The maximum atomic E-state index is 15.0. The molecule has 0 radical (unpaired) electrons. The number of aryl methyl sites for hydroxylation is 1. The van der Waals surface area contributed by atoms with E-state index in [1.165, 1.54) is 23.5 Å². The zero-order chi connectivity index (χ0) is 24.3. The van der Waals surface area contributed by atoms with E-state index in [1.807, 2.05) is 16.9 Å². The average molecular weight is 494 g/mol. The van der Waals surface area contributed by atoms with Gasteiger partial charge in [-0.25, -0.2) is 14.4 Å². The summed E-state index contributed by atoms with van der Waals surface area (Å²) in [6.07, 6.45) is 7.73. The van der Waals surface area contributed by atoms with Crippen LogP contribution in [0.25, 0.3) is 22.2 Å². The zero-order valence-electron chi connectivity index (χ0n) is 19.5. The van der Waals surface area contributed by atoms with Crippen molar-refractivity contribution >= 4 is 22.6 Å². The summed E-state index contributed by atoms with van der Waals surface area (Å²) < 4.78 is 24.6. The average Bonchev–Trinajstić information content (AvgIpc) is 3.58. The number of rotatable bonds is 4. The van der Waals surface area contributed by atoms with Gasteiger partial charge in [0.25, 0.3) is 5.56 Å². The highest BCUT2D eigenvalue weighted by atomic mass is 35.5. The van der Waals surface area contributed by atoms with Gasteiger partial charge < -0.3 is 4.74 Å². The first-order chi connectivity index (χ1) is 16.9. The van der Waals surface area contributed by atoms with Crippen LogP contribution in [0.2, 0.25) is 5.02 Å². The minimum Gasteiger partial charge on any atom is -0.373 e. The van der Waals surface area contributed by atoms with E-state index < -0.39 is 5.82 Å². The van der Waals surface area contributed by atoms with E-state index >= 15 is 4.39 Å². The Labute approximate surface area is 206 Å². The first kappa shape index (κ1) is 22.4. The highest BCUT2D eigenvalue weighted by molar-refractivity contribution is 6.30. The number of aromatic nitrogens is 5. The Morgan fingerprint density at radius 2 is 1.97 bits per heavy atom. The van der Waals surface area contributed by atoms with E-state index in [2.05, 4.69) is 16.3 Å². The third kappa shape index (κ3) is 4.04. The van der Waals surface area contributed by atoms with Crippen molar-refractivity contribution in [3.8, 4) is 11.1 Å². The molecule has 1 saturated carbocycles. The quantitative estimate of drug-likeness (QED) is 0.387. The van der Waals surface area contributed by atoms with Crippen molar-refractivity contribution in [1.82, 2.24) is 24.3 Å². The lowest BCUT2D eigenvalue weighted by Crippen LogP contribution is -2.23. The summed E-state index contributed by atoms with van der Waals surface area (Å²) >= 11 is 6.00. The van der Waals surface area contributed by atoms with Crippen LogP contribution in [-0.4, -0.2) is 30.9 Å². The topological polar surface area (TPSA) is 74.8 Å². The van der Waals surface area contributed by atoms with Crippen LogP contribution < -0.4 is 5.56 Å². The molecule has 2 atom stereocenters. The van der Waals surface area contributed by atoms with Crippen molar-refractivity contribution in [2.45, 2.75) is 50.7 Å². The highest BCUT2D eigenvalue weighted by Gasteiger charge is 2.30. The molecule has 2 unspecified atom stereocenters. The molecule has 1 aliphatic heterocycles. The van der Waals surface area contributed by atoms with Crippen LogP contribution in [0.1, 0.15) is 60.8 Å². The summed E-state index contributed by atoms with van der Waals surface area (Å²) in [5.41, 5.74) is 2.71. The van der Waals surface area contributed by atoms with E-state index in [4.69, 9.17) is 21.3 Å². The largest absolute Gasteiger partial charge is 0.373 e. The number of hydrogen-bond acceptors (Lipinski definition) is 5. The smallest absolute Gasteiger partial charge is 0.263 e. The summed E-state index contributed by atoms with van der Waals surface area (Å²) in [5.74, 6) is 0.130. The van der Waals surface area contributed by atoms with Gasteiger partial charge in [-0.3, -0.25) is 14.0 Å². The Morgan fingerprint density at radius 1 is 1.14 bits per heavy atom. The molecule has 0 N–H and O–H groups in total. The molecule has 180 valence electrons. The Morgan fingerprint density at radius 3 is 2.74 bits per heavy atom. The van der Waals surface area contributed by atoms with Crippen LogP contribution in [-0.2, 0) is 11.8 Å². The van der Waals surface area contributed by atoms with Crippen molar-refractivity contribution in [3.63, 3.8) is 0 Å². The maximum absolute atomic E-state index is 15.0. The lowest BCUT2D eigenvalue weighted by atomic mass is 9.88. The van der Waals surface area contributed by atoms with E-state index in [-0.39, 0.29) is 17.6 Å². The molecular weight excluding hydrogens is 469 g/mol. The molecule has 4 heterocycles. The summed E-state index contributed by atoms with van der Waals surface area (Å²) in [4.78, 5) is 22.6. The van der Waals surface area contributed by atoms with Crippen LogP contribution >= 0.6 is 11.6 Å². The van der Waals surface area contributed by atoms with Gasteiger partial charge in [0.05, 0.1) is 23.7 Å². The van der Waals surface area contributed by atoms with Crippen molar-refractivity contribution in [2.75, 3.05) is 6.61 Å². The van der Waals surface area contributed by atoms with Crippen LogP contribution in [0.15, 0.2) is 41.5 Å². The second-order valence-corrected chi connectivity index (χ2v) is 9.94. The lowest BCUT2D eigenvalue weighted by molar-refractivity contribution is 0.00463. The molecule has 3 aromatic heterocycles. The molecule has 6 rings (SSSR count). The Balaban J connectivity index is 1.45. The van der Waals surface area contributed by atoms with Gasteiger partial charge in [-0.15, -0.1) is 0 Å². The van der Waals surface area contributed by atoms with Crippen LogP contribution in [0.4, 0.5) is 4.39 Å². The molecule has 2 aliphatic rings. The number of halogens is 2. The first-order valence-electron chi connectivity index (χ1n) is 11.9. The Bertz CT molecular complexity index is 1510. The van der Waals surface area contributed by atoms with Crippen LogP contribution in [0.3, 0.4) is 0 Å². The van der Waals surface area contributed by atoms with Gasteiger partial charge in [0.2, 0.25) is 0 Å². The molecule has 0 spiro atoms. The minimum absolute atomic E-state index is 0.0719. The van der Waals surface area contributed by atoms with Gasteiger partial charge in [0.15, 0.2) is 5.65 Å². The molecular formula is C26H25ClFN5O2. The number of benzene rings is 1. The second kappa shape index (κ2) is 8.53. The fourth-order valence-corrected chi connectivity index (χ4v) is 5.03. The molecule has 2 fully saturated rings. The molecule has 0 amide bonds. The third-order valence-electron chi connectivity index (χ3n) is 7.13. The molecule has 35 heavy (non-hydrogen) atoms. The van der Waals surface area contributed by atoms with Gasteiger partial charge >= 0.3 is 0 Å².